The van der Waals surface area contributed by atoms with Gasteiger partial charge >= 0.3 is 5.97 Å². The number of halogens is 2. The summed E-state index contributed by atoms with van der Waals surface area (Å²) in [6, 6.07) is 4.59. The molecule has 0 saturated heterocycles. The second kappa shape index (κ2) is 7.09. The van der Waals surface area contributed by atoms with Gasteiger partial charge in [0.15, 0.2) is 0 Å². The van der Waals surface area contributed by atoms with Crippen molar-refractivity contribution in [3.63, 3.8) is 0 Å². The quantitative estimate of drug-likeness (QED) is 0.753. The molecule has 2 N–H and O–H groups in total. The highest BCUT2D eigenvalue weighted by Gasteiger charge is 2.12. The van der Waals surface area contributed by atoms with Crippen molar-refractivity contribution >= 4 is 39.2 Å². The van der Waals surface area contributed by atoms with Crippen molar-refractivity contribution in [3.05, 3.63) is 33.8 Å². The normalized spacial score (nSPS) is 11.5. The molecule has 106 valence electrons. The van der Waals surface area contributed by atoms with E-state index in [4.69, 9.17) is 28.3 Å². The average Bonchev–Trinajstić information content (AvgIpc) is 2.29. The number of nitrogens with one attached hydrogen (secondary N) is 1. The summed E-state index contributed by atoms with van der Waals surface area (Å²) < 4.78 is 25.7. The fraction of sp³-hybridized carbons (Fsp3) is 0.364. The average molecular weight is 326 g/mol. The minimum Gasteiger partial charge on any atom is -0.481 e. The highest BCUT2D eigenvalue weighted by atomic mass is 35.5. The lowest BCUT2D eigenvalue weighted by molar-refractivity contribution is -0.137. The molecule has 0 aromatic heterocycles. The molecule has 0 aliphatic heterocycles. The molecule has 0 aliphatic carbocycles. The zero-order valence-corrected chi connectivity index (χ0v) is 12.2. The predicted octanol–water partition coefficient (Wildman–Crippen LogP) is 2.28. The molecule has 5 nitrogen and oxygen atoms in total. The second-order valence-corrected chi connectivity index (χ2v) is 6.52. The van der Waals surface area contributed by atoms with E-state index >= 15 is 0 Å². The number of rotatable bonds is 7. The maximum Gasteiger partial charge on any atom is 0.303 e. The van der Waals surface area contributed by atoms with Crippen LogP contribution in [0.2, 0.25) is 10.0 Å². The van der Waals surface area contributed by atoms with Crippen LogP contribution in [0.3, 0.4) is 0 Å². The molecular formula is C11H13Cl2NO4S. The Bertz CT molecular complexity index is 560. The minimum atomic E-state index is -3.51. The van der Waals surface area contributed by atoms with Crippen LogP contribution in [0.15, 0.2) is 18.2 Å². The number of benzene rings is 1. The molecule has 0 bridgehead atoms. The summed E-state index contributed by atoms with van der Waals surface area (Å²) in [4.78, 5) is 10.3. The summed E-state index contributed by atoms with van der Waals surface area (Å²) in [5.74, 6) is -1.18. The number of aliphatic carboxylic acids is 1. The highest BCUT2D eigenvalue weighted by Crippen LogP contribution is 2.23. The van der Waals surface area contributed by atoms with E-state index in [0.717, 1.165) is 0 Å². The maximum atomic E-state index is 11.7. The van der Waals surface area contributed by atoms with Crippen LogP contribution in [0.1, 0.15) is 18.4 Å². The second-order valence-electron chi connectivity index (χ2n) is 3.90. The Morgan fingerprint density at radius 3 is 2.53 bits per heavy atom. The lowest BCUT2D eigenvalue weighted by atomic mass is 10.2. The van der Waals surface area contributed by atoms with Gasteiger partial charge in [-0.25, -0.2) is 13.1 Å². The SMILES string of the molecule is O=C(O)CCCNS(=O)(=O)Cc1ccc(Cl)c(Cl)c1. The van der Waals surface area contributed by atoms with Gasteiger partial charge in [-0.05, 0) is 24.1 Å². The summed E-state index contributed by atoms with van der Waals surface area (Å²) in [7, 11) is -3.51. The molecule has 0 radical (unpaired) electrons. The Kier molecular flexibility index (Phi) is 6.06. The third kappa shape index (κ3) is 6.24. The number of sulfonamides is 1. The zero-order valence-electron chi connectivity index (χ0n) is 9.90. The van der Waals surface area contributed by atoms with E-state index in [1.165, 1.54) is 12.1 Å². The molecule has 0 amide bonds. The minimum absolute atomic E-state index is 0.0741. The van der Waals surface area contributed by atoms with Crippen molar-refractivity contribution < 1.29 is 18.3 Å². The van der Waals surface area contributed by atoms with Crippen LogP contribution in [0.5, 0.6) is 0 Å². The Balaban J connectivity index is 2.54. The van der Waals surface area contributed by atoms with Crippen molar-refractivity contribution in [2.45, 2.75) is 18.6 Å². The van der Waals surface area contributed by atoms with E-state index in [1.807, 2.05) is 0 Å². The molecule has 8 heteroatoms. The molecule has 0 unspecified atom stereocenters. The number of carbonyl (C=O) groups is 1. The molecule has 0 aliphatic rings. The van der Waals surface area contributed by atoms with E-state index in [2.05, 4.69) is 4.72 Å². The van der Waals surface area contributed by atoms with E-state index in [0.29, 0.717) is 15.6 Å². The standard InChI is InChI=1S/C11H13Cl2NO4S/c12-9-4-3-8(6-10(9)13)7-19(17,18)14-5-1-2-11(15)16/h3-4,6,14H,1-2,5,7H2,(H,15,16). The molecule has 1 rings (SSSR count). The summed E-state index contributed by atoms with van der Waals surface area (Å²) >= 11 is 11.5. The summed E-state index contributed by atoms with van der Waals surface area (Å²) in [6.45, 7) is 0.0932. The molecule has 19 heavy (non-hydrogen) atoms. The molecule has 1 aromatic rings. The molecule has 0 fully saturated rings. The Labute approximate surface area is 121 Å². The van der Waals surface area contributed by atoms with Gasteiger partial charge in [-0.2, -0.15) is 0 Å². The Morgan fingerprint density at radius 2 is 1.95 bits per heavy atom. The first-order valence-electron chi connectivity index (χ1n) is 5.43. The first-order chi connectivity index (χ1) is 8.80. The van der Waals surface area contributed by atoms with Crippen molar-refractivity contribution in [2.75, 3.05) is 6.54 Å². The molecule has 0 saturated carbocycles. The van der Waals surface area contributed by atoms with Crippen molar-refractivity contribution in [1.82, 2.24) is 4.72 Å². The Hall–Kier alpha value is -0.820. The van der Waals surface area contributed by atoms with Gasteiger partial charge in [0.1, 0.15) is 0 Å². The highest BCUT2D eigenvalue weighted by molar-refractivity contribution is 7.88. The van der Waals surface area contributed by atoms with Gasteiger partial charge in [-0.1, -0.05) is 29.3 Å². The third-order valence-electron chi connectivity index (χ3n) is 2.23. The number of carboxylic acids is 1. The molecular weight excluding hydrogens is 313 g/mol. The number of hydrogen-bond acceptors (Lipinski definition) is 3. The molecule has 0 atom stereocenters. The van der Waals surface area contributed by atoms with Crippen LogP contribution in [-0.2, 0) is 20.6 Å². The van der Waals surface area contributed by atoms with Gasteiger partial charge in [-0.3, -0.25) is 4.79 Å². The number of carboxylic acid groups (broad SMARTS) is 1. The van der Waals surface area contributed by atoms with Crippen LogP contribution < -0.4 is 4.72 Å². The fourth-order valence-electron chi connectivity index (χ4n) is 1.37. The van der Waals surface area contributed by atoms with Gasteiger partial charge in [0.2, 0.25) is 10.0 Å². The van der Waals surface area contributed by atoms with Gasteiger partial charge < -0.3 is 5.11 Å². The van der Waals surface area contributed by atoms with Crippen molar-refractivity contribution in [2.24, 2.45) is 0 Å². The van der Waals surface area contributed by atoms with E-state index in [1.54, 1.807) is 6.07 Å². The van der Waals surface area contributed by atoms with E-state index in [-0.39, 0.29) is 25.1 Å². The largest absolute Gasteiger partial charge is 0.481 e. The monoisotopic (exact) mass is 325 g/mol. The first-order valence-corrected chi connectivity index (χ1v) is 7.84. The van der Waals surface area contributed by atoms with Gasteiger partial charge in [0, 0.05) is 13.0 Å². The predicted molar refractivity (Wildman–Crippen MR) is 74.0 cm³/mol. The first kappa shape index (κ1) is 16.2. The summed E-state index contributed by atoms with van der Waals surface area (Å²) in [6.07, 6.45) is 0.172. The summed E-state index contributed by atoms with van der Waals surface area (Å²) in [5, 5.41) is 9.08. The topological polar surface area (TPSA) is 83.5 Å². The van der Waals surface area contributed by atoms with Crippen LogP contribution in [0, 0.1) is 0 Å². The third-order valence-corrected chi connectivity index (χ3v) is 4.33. The van der Waals surface area contributed by atoms with Crippen LogP contribution in [-0.4, -0.2) is 26.0 Å². The lowest BCUT2D eigenvalue weighted by Crippen LogP contribution is -2.26. The van der Waals surface area contributed by atoms with E-state index < -0.39 is 16.0 Å². The lowest BCUT2D eigenvalue weighted by Gasteiger charge is -2.07. The molecule has 0 heterocycles. The molecule has 1 aromatic carbocycles. The smallest absolute Gasteiger partial charge is 0.303 e. The zero-order chi connectivity index (χ0) is 14.5. The van der Waals surface area contributed by atoms with Crippen LogP contribution in [0.4, 0.5) is 0 Å². The van der Waals surface area contributed by atoms with Gasteiger partial charge in [0.05, 0.1) is 15.8 Å². The van der Waals surface area contributed by atoms with Gasteiger partial charge in [-0.15, -0.1) is 0 Å². The van der Waals surface area contributed by atoms with Crippen LogP contribution >= 0.6 is 23.2 Å². The van der Waals surface area contributed by atoms with E-state index in [9.17, 15) is 13.2 Å². The fourth-order valence-corrected chi connectivity index (χ4v) is 2.86. The maximum absolute atomic E-state index is 11.7. The summed E-state index contributed by atoms with van der Waals surface area (Å²) in [5.41, 5.74) is 0.514. The number of hydrogen-bond donors (Lipinski definition) is 2. The Morgan fingerprint density at radius 1 is 1.26 bits per heavy atom. The van der Waals surface area contributed by atoms with Crippen molar-refractivity contribution in [3.8, 4) is 0 Å². The van der Waals surface area contributed by atoms with Gasteiger partial charge in [0.25, 0.3) is 0 Å². The van der Waals surface area contributed by atoms with Crippen LogP contribution in [0.25, 0.3) is 0 Å². The van der Waals surface area contributed by atoms with Crippen molar-refractivity contribution in [1.29, 1.82) is 0 Å². The molecule has 0 spiro atoms.